The lowest BCUT2D eigenvalue weighted by atomic mass is 9.81. The van der Waals surface area contributed by atoms with Crippen LogP contribution in [-0.2, 0) is 9.53 Å². The molecule has 0 saturated carbocycles. The van der Waals surface area contributed by atoms with Crippen molar-refractivity contribution in [1.82, 2.24) is 10.2 Å². The van der Waals surface area contributed by atoms with Gasteiger partial charge in [0, 0.05) is 11.6 Å². The van der Waals surface area contributed by atoms with E-state index in [4.69, 9.17) is 4.74 Å². The molecule has 1 fully saturated rings. The molecular weight excluding hydrogens is 216 g/mol. The third-order valence-electron chi connectivity index (χ3n) is 3.84. The van der Waals surface area contributed by atoms with Crippen molar-refractivity contribution in [3.05, 3.63) is 0 Å². The van der Waals surface area contributed by atoms with Gasteiger partial charge in [-0.2, -0.15) is 0 Å². The molecule has 1 N–H and O–H groups in total. The Labute approximate surface area is 105 Å². The second-order valence-electron chi connectivity index (χ2n) is 5.24. The number of piperidine rings is 1. The fourth-order valence-corrected chi connectivity index (χ4v) is 2.56. The SMILES string of the molecule is CCCNC1(CC(=O)OC)CCN(C)C(C)C1. The molecule has 4 nitrogen and oxygen atoms in total. The summed E-state index contributed by atoms with van der Waals surface area (Å²) in [5.74, 6) is -0.106. The highest BCUT2D eigenvalue weighted by atomic mass is 16.5. The van der Waals surface area contributed by atoms with Crippen LogP contribution in [0, 0.1) is 0 Å². The third-order valence-corrected chi connectivity index (χ3v) is 3.84. The molecule has 0 spiro atoms. The van der Waals surface area contributed by atoms with E-state index in [1.807, 2.05) is 0 Å². The van der Waals surface area contributed by atoms with Gasteiger partial charge in [0.05, 0.1) is 13.5 Å². The average Bonchev–Trinajstić information content (AvgIpc) is 2.32. The molecule has 1 aliphatic heterocycles. The van der Waals surface area contributed by atoms with Crippen LogP contribution in [0.15, 0.2) is 0 Å². The summed E-state index contributed by atoms with van der Waals surface area (Å²) in [6, 6.07) is 0.512. The summed E-state index contributed by atoms with van der Waals surface area (Å²) < 4.78 is 4.83. The number of methoxy groups -OCH3 is 1. The van der Waals surface area contributed by atoms with Crippen molar-refractivity contribution in [2.24, 2.45) is 0 Å². The Hall–Kier alpha value is -0.610. The van der Waals surface area contributed by atoms with Gasteiger partial charge >= 0.3 is 5.97 Å². The first-order chi connectivity index (χ1) is 8.03. The summed E-state index contributed by atoms with van der Waals surface area (Å²) in [5.41, 5.74) is -0.0605. The van der Waals surface area contributed by atoms with Gasteiger partial charge in [-0.05, 0) is 46.3 Å². The maximum absolute atomic E-state index is 11.6. The minimum absolute atomic E-state index is 0.0605. The number of carbonyl (C=O) groups is 1. The van der Waals surface area contributed by atoms with Crippen LogP contribution in [0.3, 0.4) is 0 Å². The summed E-state index contributed by atoms with van der Waals surface area (Å²) in [7, 11) is 3.61. The smallest absolute Gasteiger partial charge is 0.307 e. The average molecular weight is 242 g/mol. The second kappa shape index (κ2) is 6.36. The lowest BCUT2D eigenvalue weighted by Gasteiger charge is -2.44. The van der Waals surface area contributed by atoms with Crippen molar-refractivity contribution in [3.63, 3.8) is 0 Å². The summed E-state index contributed by atoms with van der Waals surface area (Å²) >= 11 is 0. The first kappa shape index (κ1) is 14.5. The zero-order chi connectivity index (χ0) is 12.9. The summed E-state index contributed by atoms with van der Waals surface area (Å²) in [4.78, 5) is 13.9. The molecule has 2 atom stereocenters. The molecule has 4 heteroatoms. The van der Waals surface area contributed by atoms with E-state index in [1.165, 1.54) is 7.11 Å². The van der Waals surface area contributed by atoms with Gasteiger partial charge in [0.15, 0.2) is 0 Å². The Morgan fingerprint density at radius 3 is 2.82 bits per heavy atom. The maximum Gasteiger partial charge on any atom is 0.307 e. The molecule has 17 heavy (non-hydrogen) atoms. The first-order valence-corrected chi connectivity index (χ1v) is 6.55. The Kier molecular flexibility index (Phi) is 5.40. The van der Waals surface area contributed by atoms with Crippen LogP contribution in [0.4, 0.5) is 0 Å². The van der Waals surface area contributed by atoms with Gasteiger partial charge in [-0.25, -0.2) is 0 Å². The molecule has 1 rings (SSSR count). The van der Waals surface area contributed by atoms with E-state index >= 15 is 0 Å². The van der Waals surface area contributed by atoms with Crippen LogP contribution in [0.2, 0.25) is 0 Å². The number of likely N-dealkylation sites (tertiary alicyclic amines) is 1. The molecular formula is C13H26N2O2. The van der Waals surface area contributed by atoms with Crippen molar-refractivity contribution < 1.29 is 9.53 Å². The van der Waals surface area contributed by atoms with E-state index in [-0.39, 0.29) is 11.5 Å². The highest BCUT2D eigenvalue weighted by Crippen LogP contribution is 2.29. The molecule has 0 aromatic heterocycles. The molecule has 0 aromatic rings. The van der Waals surface area contributed by atoms with Crippen molar-refractivity contribution in [2.45, 2.75) is 51.1 Å². The number of hydrogen-bond donors (Lipinski definition) is 1. The number of rotatable bonds is 5. The zero-order valence-corrected chi connectivity index (χ0v) is 11.6. The van der Waals surface area contributed by atoms with Crippen LogP contribution in [-0.4, -0.2) is 49.7 Å². The number of hydrogen-bond acceptors (Lipinski definition) is 4. The van der Waals surface area contributed by atoms with E-state index in [0.717, 1.165) is 32.4 Å². The van der Waals surface area contributed by atoms with Gasteiger partial charge in [0.25, 0.3) is 0 Å². The van der Waals surface area contributed by atoms with Gasteiger partial charge < -0.3 is 15.0 Å². The summed E-state index contributed by atoms with van der Waals surface area (Å²) in [6.07, 6.45) is 3.61. The Morgan fingerprint density at radius 1 is 1.59 bits per heavy atom. The lowest BCUT2D eigenvalue weighted by molar-refractivity contribution is -0.143. The normalized spacial score (nSPS) is 30.2. The molecule has 0 bridgehead atoms. The second-order valence-corrected chi connectivity index (χ2v) is 5.24. The highest BCUT2D eigenvalue weighted by molar-refractivity contribution is 5.70. The van der Waals surface area contributed by atoms with E-state index in [1.54, 1.807) is 0 Å². The highest BCUT2D eigenvalue weighted by Gasteiger charge is 2.38. The zero-order valence-electron chi connectivity index (χ0n) is 11.6. The van der Waals surface area contributed by atoms with Crippen LogP contribution in [0.1, 0.15) is 39.5 Å². The number of nitrogens with zero attached hydrogens (tertiary/aromatic N) is 1. The molecule has 0 radical (unpaired) electrons. The Balaban J connectivity index is 2.68. The molecule has 1 saturated heterocycles. The third kappa shape index (κ3) is 3.96. The molecule has 1 aliphatic rings. The van der Waals surface area contributed by atoms with Gasteiger partial charge in [-0.3, -0.25) is 4.79 Å². The van der Waals surface area contributed by atoms with Crippen LogP contribution >= 0.6 is 0 Å². The molecule has 0 aromatic carbocycles. The lowest BCUT2D eigenvalue weighted by Crippen LogP contribution is -2.56. The number of nitrogens with one attached hydrogen (secondary N) is 1. The van der Waals surface area contributed by atoms with E-state index < -0.39 is 0 Å². The predicted octanol–water partition coefficient (Wildman–Crippen LogP) is 1.40. The monoisotopic (exact) mass is 242 g/mol. The van der Waals surface area contributed by atoms with Crippen molar-refractivity contribution in [2.75, 3.05) is 27.2 Å². The minimum atomic E-state index is -0.106. The molecule has 0 amide bonds. The van der Waals surface area contributed by atoms with Gasteiger partial charge in [-0.1, -0.05) is 6.92 Å². The van der Waals surface area contributed by atoms with Crippen LogP contribution < -0.4 is 5.32 Å². The van der Waals surface area contributed by atoms with Gasteiger partial charge in [0.2, 0.25) is 0 Å². The standard InChI is InChI=1S/C13H26N2O2/c1-5-7-14-13(10-12(16)17-4)6-8-15(3)11(2)9-13/h11,14H,5-10H2,1-4H3. The number of esters is 1. The Morgan fingerprint density at radius 2 is 2.29 bits per heavy atom. The fraction of sp³-hybridized carbons (Fsp3) is 0.923. The molecule has 0 aliphatic carbocycles. The maximum atomic E-state index is 11.6. The van der Waals surface area contributed by atoms with Gasteiger partial charge in [0.1, 0.15) is 0 Å². The van der Waals surface area contributed by atoms with Gasteiger partial charge in [-0.15, -0.1) is 0 Å². The van der Waals surface area contributed by atoms with E-state index in [2.05, 4.69) is 31.1 Å². The van der Waals surface area contributed by atoms with Crippen molar-refractivity contribution in [3.8, 4) is 0 Å². The van der Waals surface area contributed by atoms with Crippen LogP contribution in [0.25, 0.3) is 0 Å². The van der Waals surface area contributed by atoms with Crippen molar-refractivity contribution >= 4 is 5.97 Å². The minimum Gasteiger partial charge on any atom is -0.469 e. The fourth-order valence-electron chi connectivity index (χ4n) is 2.56. The quantitative estimate of drug-likeness (QED) is 0.740. The molecule has 1 heterocycles. The number of carbonyl (C=O) groups excluding carboxylic acids is 1. The topological polar surface area (TPSA) is 41.6 Å². The summed E-state index contributed by atoms with van der Waals surface area (Å²) in [6.45, 7) is 6.37. The summed E-state index contributed by atoms with van der Waals surface area (Å²) in [5, 5.41) is 3.57. The Bertz CT molecular complexity index is 254. The first-order valence-electron chi connectivity index (χ1n) is 6.55. The van der Waals surface area contributed by atoms with E-state index in [0.29, 0.717) is 12.5 Å². The van der Waals surface area contributed by atoms with Crippen molar-refractivity contribution in [1.29, 1.82) is 0 Å². The largest absolute Gasteiger partial charge is 0.469 e. The van der Waals surface area contributed by atoms with Crippen LogP contribution in [0.5, 0.6) is 0 Å². The predicted molar refractivity (Wildman–Crippen MR) is 69.0 cm³/mol. The molecule has 100 valence electrons. The number of ether oxygens (including phenoxy) is 1. The molecule has 2 unspecified atom stereocenters. The van der Waals surface area contributed by atoms with E-state index in [9.17, 15) is 4.79 Å².